The summed E-state index contributed by atoms with van der Waals surface area (Å²) in [5.41, 5.74) is -0.774. The van der Waals surface area contributed by atoms with Gasteiger partial charge in [-0.15, -0.1) is 0 Å². The number of nitrogens with one attached hydrogen (secondary N) is 4. The van der Waals surface area contributed by atoms with Crippen LogP contribution in [0.25, 0.3) is 0 Å². The number of ether oxygens (including phenoxy) is 4. The van der Waals surface area contributed by atoms with Gasteiger partial charge >= 0.3 is 12.0 Å². The minimum Gasteiger partial charge on any atom is -0.481 e. The van der Waals surface area contributed by atoms with Gasteiger partial charge in [0, 0.05) is 50.0 Å². The van der Waals surface area contributed by atoms with E-state index < -0.39 is 37.9 Å². The second-order valence-electron chi connectivity index (χ2n) is 12.6. The Morgan fingerprint density at radius 2 is 1.52 bits per heavy atom. The van der Waals surface area contributed by atoms with E-state index in [4.69, 9.17) is 49.0 Å². The molecule has 3 aromatic heterocycles. The Labute approximate surface area is 381 Å². The highest BCUT2D eigenvalue weighted by Gasteiger charge is 2.27. The topological polar surface area (TPSA) is 294 Å². The van der Waals surface area contributed by atoms with Gasteiger partial charge in [0.1, 0.15) is 17.1 Å². The summed E-state index contributed by atoms with van der Waals surface area (Å²) in [7, 11) is 2.29. The molecule has 342 valence electrons. The highest BCUT2D eigenvalue weighted by molar-refractivity contribution is 7.90. The number of hydrogen-bond donors (Lipinski definition) is 4. The second-order valence-corrected chi connectivity index (χ2v) is 15.4. The molecule has 27 heteroatoms. The van der Waals surface area contributed by atoms with Crippen molar-refractivity contribution >= 4 is 86.3 Å². The van der Waals surface area contributed by atoms with Crippen molar-refractivity contribution in [3.63, 3.8) is 0 Å². The molecule has 2 aromatic carbocycles. The van der Waals surface area contributed by atoms with Gasteiger partial charge in [-0.25, -0.2) is 19.3 Å². The standard InChI is InChI=1S/C15H18N6O6S.C14H9Cl2NO5.C8H14ClN5/c1-21(2)13(22)9-6-5-7-16-12(9)28(24,25)20-15(23)19-14-17-10(26-3)8-11(18-14)27-4;1-21-14(18)10-7-9(3-4-12(10)17(19)20)22-13-5-2-8(15)6-11(13)16;1-4-10-7-12-6(9)13-8(14-7)11-5(2)3/h5-8H,1-4H3,(H2,17,18,19,20,23);2-7H,1H3;5H,4H2,1-3H3,(H2,10,11,12,13,14). The maximum Gasteiger partial charge on any atom is 0.345 e. The average molecular weight is 968 g/mol. The number of esters is 1. The maximum absolute atomic E-state index is 12.5. The Morgan fingerprint density at radius 1 is 0.859 bits per heavy atom. The van der Waals surface area contributed by atoms with E-state index in [-0.39, 0.29) is 56.6 Å². The predicted octanol–water partition coefficient (Wildman–Crippen LogP) is 6.36. The molecule has 0 radical (unpaired) electrons. The fourth-order valence-electron chi connectivity index (χ4n) is 4.58. The van der Waals surface area contributed by atoms with E-state index in [0.29, 0.717) is 22.7 Å². The third-order valence-corrected chi connectivity index (χ3v) is 9.25. The van der Waals surface area contributed by atoms with E-state index in [1.807, 2.05) is 20.8 Å². The molecule has 0 aliphatic carbocycles. The molecule has 0 atom stereocenters. The number of benzene rings is 2. The SMILES string of the molecule is CCNc1nc(Cl)nc(NC(C)C)n1.COC(=O)c1cc(Oc2ccc(Cl)cc2Cl)ccc1[N+](=O)[O-].COc1cc(OC)nc(NC(=O)NS(=O)(=O)c2ncccc2C(=O)N(C)C)n1. The minimum absolute atomic E-state index is 0.0913. The normalized spacial score (nSPS) is 10.4. The van der Waals surface area contributed by atoms with Crippen LogP contribution in [-0.4, -0.2) is 114 Å². The lowest BCUT2D eigenvalue weighted by atomic mass is 10.1. The molecule has 3 amide bonds. The quantitative estimate of drug-likeness (QED) is 0.0535. The largest absolute Gasteiger partial charge is 0.481 e. The first kappa shape index (κ1) is 51.5. The monoisotopic (exact) mass is 966 g/mol. The van der Waals surface area contributed by atoms with Crippen LogP contribution in [0.5, 0.6) is 23.3 Å². The number of nitrogens with zero attached hydrogens (tertiary/aromatic N) is 8. The van der Waals surface area contributed by atoms with Gasteiger partial charge in [0.05, 0.1) is 42.9 Å². The molecule has 0 saturated heterocycles. The molecular formula is C37H41Cl3N12O11S. The van der Waals surface area contributed by atoms with Crippen LogP contribution in [0.1, 0.15) is 41.5 Å². The van der Waals surface area contributed by atoms with Crippen molar-refractivity contribution in [2.75, 3.05) is 57.9 Å². The Balaban J connectivity index is 0.000000269. The number of carbonyl (C=O) groups excluding carboxylic acids is 3. The summed E-state index contributed by atoms with van der Waals surface area (Å²) < 4.78 is 46.7. The highest BCUT2D eigenvalue weighted by atomic mass is 35.5. The summed E-state index contributed by atoms with van der Waals surface area (Å²) in [6.07, 6.45) is 1.19. The van der Waals surface area contributed by atoms with Crippen LogP contribution in [0.4, 0.5) is 28.3 Å². The lowest BCUT2D eigenvalue weighted by Gasteiger charge is -2.14. The lowest BCUT2D eigenvalue weighted by molar-refractivity contribution is -0.385. The number of urea groups is 1. The predicted molar refractivity (Wildman–Crippen MR) is 235 cm³/mol. The molecule has 0 aliphatic rings. The molecule has 3 heterocycles. The van der Waals surface area contributed by atoms with Crippen molar-refractivity contribution in [1.29, 1.82) is 0 Å². The first-order valence-corrected chi connectivity index (χ1v) is 20.7. The van der Waals surface area contributed by atoms with Gasteiger partial charge in [0.25, 0.3) is 21.6 Å². The molecule has 5 rings (SSSR count). The third-order valence-electron chi connectivity index (χ3n) is 7.26. The van der Waals surface area contributed by atoms with E-state index in [1.165, 1.54) is 75.8 Å². The van der Waals surface area contributed by atoms with Crippen molar-refractivity contribution in [3.05, 3.63) is 97.4 Å². The molecule has 23 nitrogen and oxygen atoms in total. The van der Waals surface area contributed by atoms with Gasteiger partial charge in [-0.2, -0.15) is 33.3 Å². The summed E-state index contributed by atoms with van der Waals surface area (Å²) in [6.45, 7) is 6.73. The maximum atomic E-state index is 12.5. The van der Waals surface area contributed by atoms with E-state index in [9.17, 15) is 32.9 Å². The number of nitro benzene ring substituents is 1. The van der Waals surface area contributed by atoms with Crippen molar-refractivity contribution in [3.8, 4) is 23.3 Å². The van der Waals surface area contributed by atoms with Crippen LogP contribution in [0.15, 0.2) is 65.8 Å². The van der Waals surface area contributed by atoms with E-state index in [1.54, 1.807) is 16.9 Å². The van der Waals surface area contributed by atoms with Crippen LogP contribution in [0.3, 0.4) is 0 Å². The van der Waals surface area contributed by atoms with Gasteiger partial charge < -0.3 is 34.5 Å². The van der Waals surface area contributed by atoms with Crippen molar-refractivity contribution in [2.24, 2.45) is 0 Å². The summed E-state index contributed by atoms with van der Waals surface area (Å²) >= 11 is 17.5. The molecule has 0 bridgehead atoms. The minimum atomic E-state index is -4.46. The van der Waals surface area contributed by atoms with Crippen LogP contribution in [0, 0.1) is 10.1 Å². The van der Waals surface area contributed by atoms with E-state index >= 15 is 0 Å². The Hall–Kier alpha value is -6.89. The van der Waals surface area contributed by atoms with Crippen LogP contribution < -0.4 is 34.9 Å². The number of nitro groups is 1. The lowest BCUT2D eigenvalue weighted by Crippen LogP contribution is -2.36. The molecular weight excluding hydrogens is 927 g/mol. The van der Waals surface area contributed by atoms with Gasteiger partial charge in [-0.1, -0.05) is 23.2 Å². The van der Waals surface area contributed by atoms with Crippen molar-refractivity contribution in [2.45, 2.75) is 31.8 Å². The van der Waals surface area contributed by atoms with Gasteiger partial charge in [-0.3, -0.25) is 20.2 Å². The number of carbonyl (C=O) groups is 3. The molecule has 4 N–H and O–H groups in total. The number of halogens is 3. The third kappa shape index (κ3) is 15.5. The number of aromatic nitrogens is 6. The molecule has 0 fully saturated rings. The number of sulfonamides is 1. The van der Waals surface area contributed by atoms with Crippen LogP contribution in [-0.2, 0) is 14.8 Å². The van der Waals surface area contributed by atoms with Gasteiger partial charge in [-0.05, 0) is 68.8 Å². The molecule has 0 unspecified atom stereocenters. The summed E-state index contributed by atoms with van der Waals surface area (Å²) in [4.78, 5) is 70.8. The van der Waals surface area contributed by atoms with E-state index in [0.717, 1.165) is 19.7 Å². The number of hydrogen-bond acceptors (Lipinski definition) is 19. The summed E-state index contributed by atoms with van der Waals surface area (Å²) in [6, 6.07) is 11.5. The zero-order chi connectivity index (χ0) is 47.7. The molecule has 0 spiro atoms. The first-order chi connectivity index (χ1) is 30.2. The first-order valence-electron chi connectivity index (χ1n) is 18.1. The zero-order valence-electron chi connectivity index (χ0n) is 35.2. The van der Waals surface area contributed by atoms with Crippen LogP contribution >= 0.6 is 34.8 Å². The molecule has 0 saturated carbocycles. The Morgan fingerprint density at radius 3 is 2.08 bits per heavy atom. The molecule has 64 heavy (non-hydrogen) atoms. The van der Waals surface area contributed by atoms with Crippen molar-refractivity contribution < 1.29 is 46.7 Å². The second kappa shape index (κ2) is 24.1. The van der Waals surface area contributed by atoms with Crippen molar-refractivity contribution in [1.82, 2.24) is 39.5 Å². The van der Waals surface area contributed by atoms with E-state index in [2.05, 4.69) is 50.6 Å². The summed E-state index contributed by atoms with van der Waals surface area (Å²) in [5.74, 6) is 0.00312. The number of methoxy groups -OCH3 is 3. The Bertz CT molecular complexity index is 2550. The fourth-order valence-corrected chi connectivity index (χ4v) is 6.22. The van der Waals surface area contributed by atoms with Gasteiger partial charge in [0.15, 0.2) is 5.03 Å². The summed E-state index contributed by atoms with van der Waals surface area (Å²) in [5, 5.41) is 19.4. The average Bonchev–Trinajstić information content (AvgIpc) is 3.23. The van der Waals surface area contributed by atoms with Crippen LogP contribution in [0.2, 0.25) is 15.3 Å². The Kier molecular flexibility index (Phi) is 19.4. The zero-order valence-corrected chi connectivity index (χ0v) is 38.3. The molecule has 5 aromatic rings. The fraction of sp³-hybridized carbons (Fsp3) is 0.270. The highest BCUT2D eigenvalue weighted by Crippen LogP contribution is 2.33. The number of anilines is 3. The number of amides is 3. The number of pyridine rings is 1. The number of rotatable bonds is 14. The molecule has 0 aliphatic heterocycles. The van der Waals surface area contributed by atoms with Gasteiger partial charge in [0.2, 0.25) is 34.9 Å². The smallest absolute Gasteiger partial charge is 0.345 e.